The summed E-state index contributed by atoms with van der Waals surface area (Å²) < 4.78 is 0. The zero-order chi connectivity index (χ0) is 25.6. The van der Waals surface area contributed by atoms with Crippen LogP contribution in [-0.4, -0.2) is 45.7 Å². The highest BCUT2D eigenvalue weighted by atomic mass is 32.1. The number of benzene rings is 2. The summed E-state index contributed by atoms with van der Waals surface area (Å²) in [5, 5.41) is 25.1. The first-order valence-corrected chi connectivity index (χ1v) is 12.9. The Morgan fingerprint density at radius 2 is 1.84 bits per heavy atom. The molecule has 2 aromatic carbocycles. The molecule has 0 radical (unpaired) electrons. The van der Waals surface area contributed by atoms with E-state index in [0.717, 1.165) is 52.9 Å². The van der Waals surface area contributed by atoms with E-state index in [2.05, 4.69) is 47.8 Å². The Hall–Kier alpha value is -4.36. The lowest BCUT2D eigenvalue weighted by Crippen LogP contribution is -2.32. The largest absolute Gasteiger partial charge is 0.371 e. The van der Waals surface area contributed by atoms with Gasteiger partial charge in [0.25, 0.3) is 5.91 Å². The quantitative estimate of drug-likeness (QED) is 0.344. The van der Waals surface area contributed by atoms with E-state index in [1.807, 2.05) is 43.3 Å². The average Bonchev–Trinajstić information content (AvgIpc) is 3.39. The van der Waals surface area contributed by atoms with Gasteiger partial charge in [0.05, 0.1) is 11.8 Å². The molecule has 10 heteroatoms. The van der Waals surface area contributed by atoms with Crippen molar-refractivity contribution in [1.82, 2.24) is 25.5 Å². The van der Waals surface area contributed by atoms with Crippen molar-refractivity contribution in [2.75, 3.05) is 29.9 Å². The Bertz CT molecular complexity index is 1400. The summed E-state index contributed by atoms with van der Waals surface area (Å²) >= 11 is 1.71. The lowest BCUT2D eigenvalue weighted by atomic mass is 9.97. The number of hydrogen-bond acceptors (Lipinski definition) is 9. The minimum absolute atomic E-state index is 0.0219. The van der Waals surface area contributed by atoms with E-state index >= 15 is 0 Å². The summed E-state index contributed by atoms with van der Waals surface area (Å²) in [5.41, 5.74) is 4.21. The summed E-state index contributed by atoms with van der Waals surface area (Å²) in [7, 11) is 0. The zero-order valence-electron chi connectivity index (χ0n) is 20.4. The van der Waals surface area contributed by atoms with Crippen LogP contribution in [0.25, 0.3) is 11.3 Å². The van der Waals surface area contributed by atoms with Crippen LogP contribution in [0.1, 0.15) is 39.1 Å². The monoisotopic (exact) mass is 510 g/mol. The highest BCUT2D eigenvalue weighted by Crippen LogP contribution is 2.32. The number of amides is 1. The molecule has 186 valence electrons. The van der Waals surface area contributed by atoms with Gasteiger partial charge in [0.2, 0.25) is 5.95 Å². The molecule has 0 unspecified atom stereocenters. The summed E-state index contributed by atoms with van der Waals surface area (Å²) in [5.74, 6) is 0.719. The van der Waals surface area contributed by atoms with Crippen molar-refractivity contribution in [3.8, 4) is 17.3 Å². The second-order valence-corrected chi connectivity index (χ2v) is 9.99. The van der Waals surface area contributed by atoms with Gasteiger partial charge in [-0.3, -0.25) is 4.79 Å². The van der Waals surface area contributed by atoms with Gasteiger partial charge in [-0.25, -0.2) is 9.97 Å². The molecule has 9 nitrogen and oxygen atoms in total. The van der Waals surface area contributed by atoms with Gasteiger partial charge >= 0.3 is 0 Å². The van der Waals surface area contributed by atoms with Crippen LogP contribution in [-0.2, 0) is 0 Å². The lowest BCUT2D eigenvalue weighted by molar-refractivity contribution is 0.0958. The number of carbonyl (C=O) groups is 1. The first-order valence-electron chi connectivity index (χ1n) is 12.1. The second kappa shape index (κ2) is 11.1. The van der Waals surface area contributed by atoms with Crippen molar-refractivity contribution in [1.29, 1.82) is 5.26 Å². The normalized spacial score (nSPS) is 13.7. The minimum atomic E-state index is -0.280. The number of nitriles is 1. The van der Waals surface area contributed by atoms with Gasteiger partial charge in [-0.2, -0.15) is 5.26 Å². The molecule has 2 N–H and O–H groups in total. The molecule has 1 amide bonds. The first kappa shape index (κ1) is 24.3. The van der Waals surface area contributed by atoms with Crippen LogP contribution in [0.4, 0.5) is 17.3 Å². The summed E-state index contributed by atoms with van der Waals surface area (Å²) in [6, 6.07) is 19.1. The first-order chi connectivity index (χ1) is 18.1. The third kappa shape index (κ3) is 5.90. The molecule has 1 aliphatic rings. The number of aryl methyl sites for hydroxylation is 1. The summed E-state index contributed by atoms with van der Waals surface area (Å²) in [4.78, 5) is 23.4. The maximum absolute atomic E-state index is 12.0. The molecule has 0 saturated carbocycles. The molecule has 0 bridgehead atoms. The number of aromatic nitrogens is 4. The maximum atomic E-state index is 12.0. The molecule has 0 atom stereocenters. The van der Waals surface area contributed by atoms with Gasteiger partial charge in [-0.15, -0.1) is 21.5 Å². The van der Waals surface area contributed by atoms with Gasteiger partial charge in [0.15, 0.2) is 0 Å². The molecule has 4 aromatic rings. The number of piperidine rings is 1. The Morgan fingerprint density at radius 1 is 1.08 bits per heavy atom. The smallest absolute Gasteiger partial charge is 0.252 e. The number of nitrogens with zero attached hydrogens (tertiary/aromatic N) is 6. The van der Waals surface area contributed by atoms with E-state index in [4.69, 9.17) is 5.26 Å². The number of rotatable bonds is 7. The summed E-state index contributed by atoms with van der Waals surface area (Å²) in [6.07, 6.45) is 3.87. The van der Waals surface area contributed by atoms with Crippen molar-refractivity contribution in [2.45, 2.75) is 25.7 Å². The van der Waals surface area contributed by atoms with Crippen molar-refractivity contribution in [3.05, 3.63) is 76.4 Å². The van der Waals surface area contributed by atoms with Gasteiger partial charge < -0.3 is 15.5 Å². The van der Waals surface area contributed by atoms with Crippen molar-refractivity contribution >= 4 is 34.6 Å². The fourth-order valence-corrected chi connectivity index (χ4v) is 5.21. The Balaban J connectivity index is 1.19. The SMILES string of the molecule is Cc1nnc(C2CCN(c3ccc(Nc4nccc(-c5ccc(C(=O)NCC#N)cc5)n4)cc3)CC2)s1. The van der Waals surface area contributed by atoms with Gasteiger partial charge in [-0.1, -0.05) is 12.1 Å². The van der Waals surface area contributed by atoms with Crippen LogP contribution < -0.4 is 15.5 Å². The van der Waals surface area contributed by atoms with E-state index < -0.39 is 0 Å². The molecule has 1 saturated heterocycles. The molecule has 37 heavy (non-hydrogen) atoms. The van der Waals surface area contributed by atoms with Crippen molar-refractivity contribution in [2.24, 2.45) is 0 Å². The molecule has 2 aromatic heterocycles. The van der Waals surface area contributed by atoms with E-state index in [1.54, 1.807) is 29.7 Å². The van der Waals surface area contributed by atoms with Crippen LogP contribution in [0, 0.1) is 18.3 Å². The maximum Gasteiger partial charge on any atom is 0.252 e. The molecular formula is C27H26N8OS. The van der Waals surface area contributed by atoms with Crippen LogP contribution in [0.15, 0.2) is 60.8 Å². The molecule has 0 aliphatic carbocycles. The average molecular weight is 511 g/mol. The topological polar surface area (TPSA) is 120 Å². The van der Waals surface area contributed by atoms with E-state index in [0.29, 0.717) is 17.4 Å². The third-order valence-electron chi connectivity index (χ3n) is 6.30. The van der Waals surface area contributed by atoms with E-state index in [9.17, 15) is 4.79 Å². The zero-order valence-corrected chi connectivity index (χ0v) is 21.2. The molecule has 3 heterocycles. The molecule has 5 rings (SSSR count). The fourth-order valence-electron chi connectivity index (χ4n) is 4.34. The van der Waals surface area contributed by atoms with Crippen LogP contribution in [0.3, 0.4) is 0 Å². The Labute approximate surface area is 219 Å². The number of carbonyl (C=O) groups excluding carboxylic acids is 1. The van der Waals surface area contributed by atoms with Crippen molar-refractivity contribution < 1.29 is 4.79 Å². The van der Waals surface area contributed by atoms with E-state index in [1.165, 1.54) is 5.69 Å². The minimum Gasteiger partial charge on any atom is -0.371 e. The highest BCUT2D eigenvalue weighted by Gasteiger charge is 2.23. The predicted molar refractivity (Wildman–Crippen MR) is 144 cm³/mol. The molecular weight excluding hydrogens is 484 g/mol. The fraction of sp³-hybridized carbons (Fsp3) is 0.259. The molecule has 0 spiro atoms. The Kier molecular flexibility index (Phi) is 7.33. The van der Waals surface area contributed by atoms with Crippen LogP contribution in [0.2, 0.25) is 0 Å². The van der Waals surface area contributed by atoms with Crippen LogP contribution >= 0.6 is 11.3 Å². The third-order valence-corrected chi connectivity index (χ3v) is 7.30. The Morgan fingerprint density at radius 3 is 2.51 bits per heavy atom. The van der Waals surface area contributed by atoms with E-state index in [-0.39, 0.29) is 12.5 Å². The highest BCUT2D eigenvalue weighted by molar-refractivity contribution is 7.11. The van der Waals surface area contributed by atoms with Gasteiger partial charge in [0, 0.05) is 47.7 Å². The van der Waals surface area contributed by atoms with Gasteiger partial charge in [0.1, 0.15) is 16.6 Å². The number of nitrogens with one attached hydrogen (secondary N) is 2. The second-order valence-electron chi connectivity index (χ2n) is 8.78. The standard InChI is InChI=1S/C27H26N8OS/c1-18-33-34-26(37-18)21-11-16-35(17-12-21)23-8-6-22(7-9-23)31-27-30-14-10-24(32-27)19-2-4-20(5-3-19)25(36)29-15-13-28/h2-10,14,21H,11-12,15-17H2,1H3,(H,29,36)(H,30,31,32). The van der Waals surface area contributed by atoms with Crippen molar-refractivity contribution in [3.63, 3.8) is 0 Å². The molecule has 1 aliphatic heterocycles. The lowest BCUT2D eigenvalue weighted by Gasteiger charge is -2.32. The summed E-state index contributed by atoms with van der Waals surface area (Å²) in [6.45, 7) is 3.98. The van der Waals surface area contributed by atoms with Gasteiger partial charge in [-0.05, 0) is 62.2 Å². The van der Waals surface area contributed by atoms with Crippen LogP contribution in [0.5, 0.6) is 0 Å². The predicted octanol–water partition coefficient (Wildman–Crippen LogP) is 4.68. The molecule has 1 fully saturated rings. The number of hydrogen-bond donors (Lipinski definition) is 2. The number of anilines is 3.